The van der Waals surface area contributed by atoms with Crippen molar-refractivity contribution in [3.05, 3.63) is 40.6 Å². The minimum Gasteiger partial charge on any atom is -0.463 e. The predicted molar refractivity (Wildman–Crippen MR) is 69.8 cm³/mol. The van der Waals surface area contributed by atoms with Crippen molar-refractivity contribution in [1.82, 2.24) is 14.9 Å². The quantitative estimate of drug-likeness (QED) is 0.904. The van der Waals surface area contributed by atoms with Crippen LogP contribution < -0.4 is 5.69 Å². The number of hydrogen-bond donors (Lipinski definition) is 1. The summed E-state index contributed by atoms with van der Waals surface area (Å²) in [6.07, 6.45) is 1.50. The number of aromatic amines is 1. The molecule has 6 nitrogen and oxygen atoms in total. The standard InChI is InChI=1S/C13H15N3O3/c1-3-16(4-2)12(17)10-8-9(14-13(18)15-10)11-6-5-7-19-11/h5-8H,3-4H2,1-2H3,(H,14,15,18). The number of hydrogen-bond acceptors (Lipinski definition) is 4. The van der Waals surface area contributed by atoms with Crippen molar-refractivity contribution >= 4 is 5.91 Å². The monoisotopic (exact) mass is 261 g/mol. The topological polar surface area (TPSA) is 79.2 Å². The highest BCUT2D eigenvalue weighted by molar-refractivity contribution is 5.93. The van der Waals surface area contributed by atoms with Crippen molar-refractivity contribution in [3.63, 3.8) is 0 Å². The normalized spacial score (nSPS) is 10.4. The Hall–Kier alpha value is -2.37. The van der Waals surface area contributed by atoms with Gasteiger partial charge < -0.3 is 14.3 Å². The summed E-state index contributed by atoms with van der Waals surface area (Å²) in [5.41, 5.74) is 0.00348. The van der Waals surface area contributed by atoms with Gasteiger partial charge in [-0.25, -0.2) is 4.79 Å². The highest BCUT2D eigenvalue weighted by Crippen LogP contribution is 2.16. The van der Waals surface area contributed by atoms with Crippen LogP contribution in [-0.2, 0) is 0 Å². The number of nitrogens with one attached hydrogen (secondary N) is 1. The van der Waals surface area contributed by atoms with Crippen molar-refractivity contribution in [2.75, 3.05) is 13.1 Å². The third kappa shape index (κ3) is 2.73. The fourth-order valence-corrected chi connectivity index (χ4v) is 1.80. The van der Waals surface area contributed by atoms with Gasteiger partial charge in [0.1, 0.15) is 11.5 Å². The summed E-state index contributed by atoms with van der Waals surface area (Å²) in [5, 5.41) is 0. The van der Waals surface area contributed by atoms with Crippen LogP contribution in [0.2, 0.25) is 0 Å². The first-order valence-electron chi connectivity index (χ1n) is 6.10. The first kappa shape index (κ1) is 13.1. The lowest BCUT2D eigenvalue weighted by molar-refractivity contribution is 0.0766. The summed E-state index contributed by atoms with van der Waals surface area (Å²) in [4.78, 5) is 31.6. The van der Waals surface area contributed by atoms with E-state index >= 15 is 0 Å². The maximum Gasteiger partial charge on any atom is 0.346 e. The van der Waals surface area contributed by atoms with Crippen LogP contribution in [0.4, 0.5) is 0 Å². The zero-order valence-corrected chi connectivity index (χ0v) is 10.8. The van der Waals surface area contributed by atoms with Crippen molar-refractivity contribution < 1.29 is 9.21 Å². The molecular weight excluding hydrogens is 246 g/mol. The second kappa shape index (κ2) is 5.51. The highest BCUT2D eigenvalue weighted by atomic mass is 16.3. The molecule has 19 heavy (non-hydrogen) atoms. The molecule has 0 aliphatic rings. The number of rotatable bonds is 4. The minimum atomic E-state index is -0.565. The lowest BCUT2D eigenvalue weighted by atomic mass is 10.2. The molecule has 1 amide bonds. The van der Waals surface area contributed by atoms with Gasteiger partial charge in [0.15, 0.2) is 0 Å². The Bertz CT molecular complexity index is 612. The van der Waals surface area contributed by atoms with Gasteiger partial charge >= 0.3 is 5.69 Å². The molecule has 0 atom stereocenters. The Morgan fingerprint density at radius 2 is 2.16 bits per heavy atom. The number of carbonyl (C=O) groups excluding carboxylic acids is 1. The van der Waals surface area contributed by atoms with Crippen LogP contribution in [0.25, 0.3) is 11.5 Å². The Labute approximate surface area is 110 Å². The third-order valence-electron chi connectivity index (χ3n) is 2.80. The van der Waals surface area contributed by atoms with Gasteiger partial charge in [0.25, 0.3) is 5.91 Å². The molecule has 2 heterocycles. The molecule has 0 fully saturated rings. The molecule has 0 unspecified atom stereocenters. The van der Waals surface area contributed by atoms with Crippen LogP contribution in [0.1, 0.15) is 24.3 Å². The van der Waals surface area contributed by atoms with Crippen LogP contribution in [0.15, 0.2) is 33.7 Å². The van der Waals surface area contributed by atoms with Gasteiger partial charge in [0.05, 0.1) is 12.0 Å². The van der Waals surface area contributed by atoms with E-state index in [9.17, 15) is 9.59 Å². The molecule has 0 bridgehead atoms. The third-order valence-corrected chi connectivity index (χ3v) is 2.80. The maximum absolute atomic E-state index is 12.2. The molecule has 0 radical (unpaired) electrons. The molecule has 2 rings (SSSR count). The smallest absolute Gasteiger partial charge is 0.346 e. The van der Waals surface area contributed by atoms with Crippen LogP contribution >= 0.6 is 0 Å². The van der Waals surface area contributed by atoms with E-state index in [1.54, 1.807) is 17.0 Å². The van der Waals surface area contributed by atoms with Gasteiger partial charge in [-0.1, -0.05) is 0 Å². The summed E-state index contributed by atoms with van der Waals surface area (Å²) in [6.45, 7) is 4.89. The average Bonchev–Trinajstić information content (AvgIpc) is 2.93. The molecule has 0 aliphatic heterocycles. The minimum absolute atomic E-state index is 0.124. The molecule has 0 aliphatic carbocycles. The zero-order chi connectivity index (χ0) is 13.8. The van der Waals surface area contributed by atoms with Crippen molar-refractivity contribution in [3.8, 4) is 11.5 Å². The van der Waals surface area contributed by atoms with Crippen LogP contribution in [0, 0.1) is 0 Å². The summed E-state index contributed by atoms with van der Waals surface area (Å²) >= 11 is 0. The molecule has 6 heteroatoms. The summed E-state index contributed by atoms with van der Waals surface area (Å²) in [6, 6.07) is 4.94. The molecule has 2 aromatic rings. The Morgan fingerprint density at radius 1 is 1.42 bits per heavy atom. The number of amides is 1. The summed E-state index contributed by atoms with van der Waals surface area (Å²) < 4.78 is 5.20. The van der Waals surface area contributed by atoms with E-state index in [0.29, 0.717) is 24.5 Å². The van der Waals surface area contributed by atoms with Crippen LogP contribution in [0.3, 0.4) is 0 Å². The SMILES string of the molecule is CCN(CC)C(=O)c1cc(-c2ccco2)[nH]c(=O)n1. The Morgan fingerprint density at radius 3 is 2.74 bits per heavy atom. The maximum atomic E-state index is 12.2. The number of furan rings is 1. The summed E-state index contributed by atoms with van der Waals surface area (Å²) in [5.74, 6) is 0.233. The first-order chi connectivity index (χ1) is 9.15. The van der Waals surface area contributed by atoms with E-state index in [2.05, 4.69) is 9.97 Å². The highest BCUT2D eigenvalue weighted by Gasteiger charge is 2.16. The van der Waals surface area contributed by atoms with Crippen LogP contribution in [-0.4, -0.2) is 33.9 Å². The van der Waals surface area contributed by atoms with E-state index < -0.39 is 5.69 Å². The second-order valence-corrected chi connectivity index (χ2v) is 3.94. The van der Waals surface area contributed by atoms with E-state index in [4.69, 9.17) is 4.42 Å². The fourth-order valence-electron chi connectivity index (χ4n) is 1.80. The second-order valence-electron chi connectivity index (χ2n) is 3.94. The number of H-pyrrole nitrogens is 1. The zero-order valence-electron chi connectivity index (χ0n) is 10.8. The lowest BCUT2D eigenvalue weighted by Crippen LogP contribution is -2.32. The first-order valence-corrected chi connectivity index (χ1v) is 6.10. The van der Waals surface area contributed by atoms with Gasteiger partial charge in [-0.15, -0.1) is 0 Å². The molecule has 0 spiro atoms. The van der Waals surface area contributed by atoms with Crippen molar-refractivity contribution in [2.24, 2.45) is 0 Å². The number of carbonyl (C=O) groups is 1. The van der Waals surface area contributed by atoms with Gasteiger partial charge in [-0.3, -0.25) is 4.79 Å². The fraction of sp³-hybridized carbons (Fsp3) is 0.308. The van der Waals surface area contributed by atoms with Gasteiger partial charge in [-0.05, 0) is 32.0 Å². The lowest BCUT2D eigenvalue weighted by Gasteiger charge is -2.17. The summed E-state index contributed by atoms with van der Waals surface area (Å²) in [7, 11) is 0. The Balaban J connectivity index is 2.42. The largest absolute Gasteiger partial charge is 0.463 e. The average molecular weight is 261 g/mol. The van der Waals surface area contributed by atoms with Gasteiger partial charge in [0, 0.05) is 13.1 Å². The van der Waals surface area contributed by atoms with Crippen molar-refractivity contribution in [1.29, 1.82) is 0 Å². The van der Waals surface area contributed by atoms with E-state index in [0.717, 1.165) is 0 Å². The Kier molecular flexibility index (Phi) is 3.79. The molecule has 100 valence electrons. The molecule has 0 saturated carbocycles. The van der Waals surface area contributed by atoms with Crippen molar-refractivity contribution in [2.45, 2.75) is 13.8 Å². The molecule has 1 N–H and O–H groups in total. The van der Waals surface area contributed by atoms with Gasteiger partial charge in [-0.2, -0.15) is 4.98 Å². The van der Waals surface area contributed by atoms with Crippen LogP contribution in [0.5, 0.6) is 0 Å². The molecule has 2 aromatic heterocycles. The van der Waals surface area contributed by atoms with E-state index in [-0.39, 0.29) is 11.6 Å². The number of aromatic nitrogens is 2. The van der Waals surface area contributed by atoms with E-state index in [1.807, 2.05) is 13.8 Å². The molecule has 0 aromatic carbocycles. The number of nitrogens with zero attached hydrogens (tertiary/aromatic N) is 2. The van der Waals surface area contributed by atoms with Gasteiger partial charge in [0.2, 0.25) is 0 Å². The predicted octanol–water partition coefficient (Wildman–Crippen LogP) is 1.51. The molecular formula is C13H15N3O3. The molecule has 0 saturated heterocycles. The van der Waals surface area contributed by atoms with E-state index in [1.165, 1.54) is 12.3 Å².